The predicted molar refractivity (Wildman–Crippen MR) is 94.3 cm³/mol. The summed E-state index contributed by atoms with van der Waals surface area (Å²) in [4.78, 5) is 30.1. The molecule has 1 aromatic carbocycles. The number of hydrogen-bond acceptors (Lipinski definition) is 5. The fourth-order valence-corrected chi connectivity index (χ4v) is 4.04. The molecular formula is C16H17N3O2S2. The molecule has 0 fully saturated rings. The fraction of sp³-hybridized carbons (Fsp3) is 0.312. The van der Waals surface area contributed by atoms with Crippen LogP contribution in [0.1, 0.15) is 5.56 Å². The lowest BCUT2D eigenvalue weighted by Gasteiger charge is -2.24. The number of rotatable bonds is 3. The molecule has 2 heterocycles. The van der Waals surface area contributed by atoms with Crippen LogP contribution < -0.4 is 10.9 Å². The van der Waals surface area contributed by atoms with Crippen molar-refractivity contribution in [2.24, 2.45) is 5.92 Å². The predicted octanol–water partition coefficient (Wildman–Crippen LogP) is 2.63. The maximum Gasteiger partial charge on any atom is 0.257 e. The molecule has 3 rings (SSSR count). The minimum atomic E-state index is -0.247. The number of para-hydroxylation sites is 1. The molecule has 1 amide bonds. The van der Waals surface area contributed by atoms with Crippen molar-refractivity contribution in [3.63, 3.8) is 0 Å². The van der Waals surface area contributed by atoms with Gasteiger partial charge in [-0.2, -0.15) is 0 Å². The molecule has 0 bridgehead atoms. The van der Waals surface area contributed by atoms with E-state index in [0.717, 1.165) is 10.6 Å². The molecule has 0 unspecified atom stereocenters. The maximum atomic E-state index is 12.6. The highest BCUT2D eigenvalue weighted by molar-refractivity contribution is 7.99. The van der Waals surface area contributed by atoms with E-state index in [0.29, 0.717) is 23.0 Å². The van der Waals surface area contributed by atoms with Crippen molar-refractivity contribution in [1.82, 2.24) is 9.55 Å². The second kappa shape index (κ2) is 6.80. The average Bonchev–Trinajstić information content (AvgIpc) is 2.58. The summed E-state index contributed by atoms with van der Waals surface area (Å²) in [6, 6.07) is 7.72. The Balaban J connectivity index is 1.79. The van der Waals surface area contributed by atoms with Crippen LogP contribution in [0.15, 0.2) is 45.3 Å². The summed E-state index contributed by atoms with van der Waals surface area (Å²) < 4.78 is 1.61. The number of carbonyl (C=O) groups excluding carboxylic acids is 1. The molecule has 1 aliphatic heterocycles. The van der Waals surface area contributed by atoms with E-state index in [1.54, 1.807) is 29.4 Å². The maximum absolute atomic E-state index is 12.6. The first-order valence-corrected chi connectivity index (χ1v) is 9.44. The molecule has 0 spiro atoms. The van der Waals surface area contributed by atoms with Crippen LogP contribution in [-0.2, 0) is 11.3 Å². The zero-order chi connectivity index (χ0) is 16.4. The highest BCUT2D eigenvalue weighted by atomic mass is 32.2. The first-order chi connectivity index (χ1) is 11.1. The van der Waals surface area contributed by atoms with Gasteiger partial charge in [0.15, 0.2) is 5.16 Å². The number of thioether (sulfide) groups is 2. The Morgan fingerprint density at radius 3 is 3.00 bits per heavy atom. The van der Waals surface area contributed by atoms with Gasteiger partial charge < -0.3 is 5.32 Å². The summed E-state index contributed by atoms with van der Waals surface area (Å²) in [7, 11) is 0. The normalized spacial score (nSPS) is 16.7. The van der Waals surface area contributed by atoms with Gasteiger partial charge in [-0.15, -0.1) is 11.8 Å². The molecule has 7 heteroatoms. The molecular weight excluding hydrogens is 330 g/mol. The van der Waals surface area contributed by atoms with Crippen LogP contribution in [0.2, 0.25) is 0 Å². The largest absolute Gasteiger partial charge is 0.325 e. The Morgan fingerprint density at radius 1 is 1.43 bits per heavy atom. The van der Waals surface area contributed by atoms with E-state index < -0.39 is 0 Å². The minimum absolute atomic E-state index is 0.0574. The Labute approximate surface area is 142 Å². The van der Waals surface area contributed by atoms with Gasteiger partial charge >= 0.3 is 0 Å². The molecule has 5 nitrogen and oxygen atoms in total. The molecule has 1 aliphatic rings. The zero-order valence-electron chi connectivity index (χ0n) is 12.9. The van der Waals surface area contributed by atoms with E-state index in [1.165, 1.54) is 11.8 Å². The lowest BCUT2D eigenvalue weighted by atomic mass is 10.1. The summed E-state index contributed by atoms with van der Waals surface area (Å²) in [5, 5.41) is 3.68. The Bertz CT molecular complexity index is 804. The van der Waals surface area contributed by atoms with Crippen molar-refractivity contribution >= 4 is 35.1 Å². The Morgan fingerprint density at radius 2 is 2.22 bits per heavy atom. The first-order valence-electron chi connectivity index (χ1n) is 7.23. The van der Waals surface area contributed by atoms with Gasteiger partial charge in [-0.25, -0.2) is 4.98 Å². The topological polar surface area (TPSA) is 64.0 Å². The number of benzene rings is 1. The van der Waals surface area contributed by atoms with E-state index in [-0.39, 0.29) is 17.4 Å². The van der Waals surface area contributed by atoms with Crippen molar-refractivity contribution in [2.75, 3.05) is 17.3 Å². The molecule has 120 valence electrons. The number of nitrogens with zero attached hydrogens (tertiary/aromatic N) is 2. The summed E-state index contributed by atoms with van der Waals surface area (Å²) in [6.45, 7) is 2.12. The fourth-order valence-electron chi connectivity index (χ4n) is 2.44. The number of aromatic nitrogens is 2. The van der Waals surface area contributed by atoms with Gasteiger partial charge in [-0.05, 0) is 25.3 Å². The summed E-state index contributed by atoms with van der Waals surface area (Å²) >= 11 is 3.05. The molecule has 0 saturated heterocycles. The quantitative estimate of drug-likeness (QED) is 0.683. The van der Waals surface area contributed by atoms with Crippen LogP contribution in [0.4, 0.5) is 5.69 Å². The number of amides is 1. The van der Waals surface area contributed by atoms with Gasteiger partial charge in [0.05, 0.1) is 11.6 Å². The highest BCUT2D eigenvalue weighted by Gasteiger charge is 2.27. The zero-order valence-corrected chi connectivity index (χ0v) is 14.5. The van der Waals surface area contributed by atoms with Gasteiger partial charge in [0.25, 0.3) is 5.56 Å². The van der Waals surface area contributed by atoms with Crippen LogP contribution in [-0.4, -0.2) is 27.5 Å². The molecule has 1 aromatic heterocycles. The average molecular weight is 347 g/mol. The Kier molecular flexibility index (Phi) is 4.77. The summed E-state index contributed by atoms with van der Waals surface area (Å²) in [5.41, 5.74) is 1.35. The van der Waals surface area contributed by atoms with E-state index in [4.69, 9.17) is 0 Å². The van der Waals surface area contributed by atoms with E-state index in [2.05, 4.69) is 10.3 Å². The van der Waals surface area contributed by atoms with Crippen molar-refractivity contribution in [3.8, 4) is 0 Å². The van der Waals surface area contributed by atoms with Gasteiger partial charge in [-0.3, -0.25) is 14.2 Å². The number of fused-ring (bicyclic) bond motifs is 1. The minimum Gasteiger partial charge on any atom is -0.325 e. The van der Waals surface area contributed by atoms with Gasteiger partial charge in [-0.1, -0.05) is 23.9 Å². The van der Waals surface area contributed by atoms with Crippen LogP contribution in [0.5, 0.6) is 0 Å². The number of aryl methyl sites for hydroxylation is 1. The van der Waals surface area contributed by atoms with Gasteiger partial charge in [0.2, 0.25) is 5.91 Å². The SMILES string of the molecule is CSc1ccccc1NC(=O)[C@H]1CSc2ncc(C)c(=O)n2C1. The molecule has 0 radical (unpaired) electrons. The van der Waals surface area contributed by atoms with Crippen molar-refractivity contribution in [2.45, 2.75) is 23.5 Å². The van der Waals surface area contributed by atoms with Gasteiger partial charge in [0.1, 0.15) is 0 Å². The summed E-state index contributed by atoms with van der Waals surface area (Å²) in [5.74, 6) is 0.324. The van der Waals surface area contributed by atoms with Crippen LogP contribution in [0.3, 0.4) is 0 Å². The second-order valence-electron chi connectivity index (χ2n) is 5.34. The van der Waals surface area contributed by atoms with Crippen LogP contribution in [0.25, 0.3) is 0 Å². The van der Waals surface area contributed by atoms with Crippen LogP contribution in [0, 0.1) is 12.8 Å². The van der Waals surface area contributed by atoms with E-state index >= 15 is 0 Å². The third kappa shape index (κ3) is 3.30. The van der Waals surface area contributed by atoms with E-state index in [9.17, 15) is 9.59 Å². The highest BCUT2D eigenvalue weighted by Crippen LogP contribution is 2.28. The molecule has 23 heavy (non-hydrogen) atoms. The standard InChI is InChI=1S/C16H17N3O2S2/c1-10-7-17-16-19(15(10)21)8-11(9-23-16)14(20)18-12-5-3-4-6-13(12)22-2/h3-7,11H,8-9H2,1-2H3,(H,18,20)/t11-/m1/s1. The lowest BCUT2D eigenvalue weighted by molar-refractivity contribution is -0.119. The molecule has 0 aliphatic carbocycles. The van der Waals surface area contributed by atoms with Crippen molar-refractivity contribution < 1.29 is 4.79 Å². The number of nitrogens with one attached hydrogen (secondary N) is 1. The molecule has 0 saturated carbocycles. The molecule has 1 N–H and O–H groups in total. The molecule has 2 aromatic rings. The monoisotopic (exact) mass is 347 g/mol. The lowest BCUT2D eigenvalue weighted by Crippen LogP contribution is -2.37. The van der Waals surface area contributed by atoms with E-state index in [1.807, 2.05) is 30.5 Å². The van der Waals surface area contributed by atoms with Crippen molar-refractivity contribution in [1.29, 1.82) is 0 Å². The number of hydrogen-bond donors (Lipinski definition) is 1. The van der Waals surface area contributed by atoms with Crippen molar-refractivity contribution in [3.05, 3.63) is 46.4 Å². The summed E-state index contributed by atoms with van der Waals surface area (Å²) in [6.07, 6.45) is 3.57. The second-order valence-corrected chi connectivity index (χ2v) is 7.17. The number of carbonyl (C=O) groups is 1. The van der Waals surface area contributed by atoms with Crippen LogP contribution >= 0.6 is 23.5 Å². The smallest absolute Gasteiger partial charge is 0.257 e. The van der Waals surface area contributed by atoms with Gasteiger partial charge in [0, 0.05) is 29.0 Å². The third-order valence-electron chi connectivity index (χ3n) is 3.73. The third-order valence-corrected chi connectivity index (χ3v) is 5.68. The number of anilines is 1. The Hall–Kier alpha value is -1.73. The molecule has 1 atom stereocenters. The first kappa shape index (κ1) is 16.1.